The van der Waals surface area contributed by atoms with Gasteiger partial charge in [-0.2, -0.15) is 0 Å². The number of ether oxygens (including phenoxy) is 1. The summed E-state index contributed by atoms with van der Waals surface area (Å²) in [5.74, 6) is -0.923. The van der Waals surface area contributed by atoms with Crippen molar-refractivity contribution >= 4 is 27.3 Å². The number of nitrogens with zero attached hydrogens (tertiary/aromatic N) is 1. The Morgan fingerprint density at radius 2 is 1.88 bits per heavy atom. The fourth-order valence-electron chi connectivity index (χ4n) is 2.43. The number of carbonyl (C=O) groups excluding carboxylic acids is 1. The van der Waals surface area contributed by atoms with Crippen molar-refractivity contribution in [1.29, 1.82) is 0 Å². The van der Waals surface area contributed by atoms with Crippen LogP contribution in [0.4, 0.5) is 15.8 Å². The summed E-state index contributed by atoms with van der Waals surface area (Å²) in [6, 6.07) is 12.3. The Kier molecular flexibility index (Phi) is 4.15. The average molecular weight is 350 g/mol. The molecular weight excluding hydrogens is 335 g/mol. The lowest BCUT2D eigenvalue weighted by atomic mass is 10.2. The molecule has 3 rings (SSSR count). The van der Waals surface area contributed by atoms with Gasteiger partial charge in [0, 0.05) is 0 Å². The lowest BCUT2D eigenvalue weighted by molar-refractivity contribution is -0.122. The SMILES string of the molecule is CS(=O)(=O)N1C[C@H](C(=O)Nc2ccccc2F)Oc2ccccc21. The van der Waals surface area contributed by atoms with Gasteiger partial charge in [0.15, 0.2) is 6.10 Å². The second-order valence-corrected chi connectivity index (χ2v) is 7.24. The molecule has 6 nitrogen and oxygen atoms in total. The number of para-hydroxylation sites is 3. The smallest absolute Gasteiger partial charge is 0.267 e. The van der Waals surface area contributed by atoms with Crippen molar-refractivity contribution in [3.63, 3.8) is 0 Å². The van der Waals surface area contributed by atoms with Gasteiger partial charge in [-0.05, 0) is 24.3 Å². The standard InChI is InChI=1S/C16H15FN2O4S/c1-24(21,22)19-10-15(23-14-9-5-4-8-13(14)19)16(20)18-12-7-3-2-6-11(12)17/h2-9,15H,10H2,1H3,(H,18,20)/t15-/m1/s1. The average Bonchev–Trinajstić information content (AvgIpc) is 2.55. The highest BCUT2D eigenvalue weighted by atomic mass is 32.2. The quantitative estimate of drug-likeness (QED) is 0.919. The molecule has 0 aliphatic carbocycles. The molecule has 0 bridgehead atoms. The van der Waals surface area contributed by atoms with Gasteiger partial charge in [0.25, 0.3) is 5.91 Å². The predicted molar refractivity (Wildman–Crippen MR) is 88.1 cm³/mol. The largest absolute Gasteiger partial charge is 0.476 e. The highest BCUT2D eigenvalue weighted by Crippen LogP contribution is 2.34. The van der Waals surface area contributed by atoms with Crippen LogP contribution in [0.2, 0.25) is 0 Å². The topological polar surface area (TPSA) is 75.7 Å². The minimum Gasteiger partial charge on any atom is -0.476 e. The fourth-order valence-corrected chi connectivity index (χ4v) is 3.34. The van der Waals surface area contributed by atoms with E-state index in [1.54, 1.807) is 30.3 Å². The van der Waals surface area contributed by atoms with Crippen LogP contribution in [0.1, 0.15) is 0 Å². The summed E-state index contributed by atoms with van der Waals surface area (Å²) < 4.78 is 44.4. The van der Waals surface area contributed by atoms with E-state index < -0.39 is 27.9 Å². The molecule has 0 saturated heterocycles. The highest BCUT2D eigenvalue weighted by molar-refractivity contribution is 7.92. The molecule has 1 amide bonds. The summed E-state index contributed by atoms with van der Waals surface area (Å²) in [5, 5.41) is 2.42. The summed E-state index contributed by atoms with van der Waals surface area (Å²) in [4.78, 5) is 12.4. The van der Waals surface area contributed by atoms with Crippen molar-refractivity contribution in [2.45, 2.75) is 6.10 Å². The number of anilines is 2. The van der Waals surface area contributed by atoms with Crippen LogP contribution in [0, 0.1) is 5.82 Å². The summed E-state index contributed by atoms with van der Waals surface area (Å²) in [5.41, 5.74) is 0.380. The Morgan fingerprint density at radius 1 is 1.21 bits per heavy atom. The Balaban J connectivity index is 1.88. The molecule has 1 atom stereocenters. The summed E-state index contributed by atoms with van der Waals surface area (Å²) in [7, 11) is -3.59. The molecule has 2 aromatic rings. The third-order valence-corrected chi connectivity index (χ3v) is 4.71. The van der Waals surface area contributed by atoms with Crippen LogP contribution in [-0.2, 0) is 14.8 Å². The molecule has 0 spiro atoms. The van der Waals surface area contributed by atoms with Crippen molar-refractivity contribution in [3.8, 4) is 5.75 Å². The number of amides is 1. The van der Waals surface area contributed by atoms with Crippen LogP contribution in [0.5, 0.6) is 5.75 Å². The van der Waals surface area contributed by atoms with Crippen molar-refractivity contribution < 1.29 is 22.3 Å². The molecule has 0 saturated carbocycles. The molecule has 0 unspecified atom stereocenters. The third-order valence-electron chi connectivity index (χ3n) is 3.56. The van der Waals surface area contributed by atoms with E-state index in [1.165, 1.54) is 18.2 Å². The number of benzene rings is 2. The number of nitrogens with one attached hydrogen (secondary N) is 1. The first kappa shape index (κ1) is 16.3. The third kappa shape index (κ3) is 3.18. The van der Waals surface area contributed by atoms with Crippen molar-refractivity contribution in [2.24, 2.45) is 0 Å². The molecule has 126 valence electrons. The first-order chi connectivity index (χ1) is 11.4. The minimum absolute atomic E-state index is 0.0101. The van der Waals surface area contributed by atoms with Crippen molar-refractivity contribution in [3.05, 3.63) is 54.3 Å². The van der Waals surface area contributed by atoms with Gasteiger partial charge in [0.2, 0.25) is 10.0 Å². The Hall–Kier alpha value is -2.61. The van der Waals surface area contributed by atoms with Crippen LogP contribution in [0.25, 0.3) is 0 Å². The number of sulfonamides is 1. The van der Waals surface area contributed by atoms with E-state index in [0.717, 1.165) is 10.6 Å². The van der Waals surface area contributed by atoms with Crippen molar-refractivity contribution in [2.75, 3.05) is 22.4 Å². The molecule has 0 fully saturated rings. The molecule has 2 aromatic carbocycles. The van der Waals surface area contributed by atoms with Crippen molar-refractivity contribution in [1.82, 2.24) is 0 Å². The Morgan fingerprint density at radius 3 is 2.58 bits per heavy atom. The summed E-state index contributed by atoms with van der Waals surface area (Å²) >= 11 is 0. The maximum Gasteiger partial charge on any atom is 0.267 e. The lowest BCUT2D eigenvalue weighted by Gasteiger charge is -2.33. The van der Waals surface area contributed by atoms with E-state index in [0.29, 0.717) is 5.69 Å². The van der Waals surface area contributed by atoms with E-state index >= 15 is 0 Å². The number of halogens is 1. The zero-order chi connectivity index (χ0) is 17.3. The highest BCUT2D eigenvalue weighted by Gasteiger charge is 2.35. The molecule has 24 heavy (non-hydrogen) atoms. The summed E-state index contributed by atoms with van der Waals surface area (Å²) in [6.07, 6.45) is -0.0322. The van der Waals surface area contributed by atoms with Gasteiger partial charge in [-0.1, -0.05) is 24.3 Å². The van der Waals surface area contributed by atoms with E-state index in [4.69, 9.17) is 4.74 Å². The van der Waals surface area contributed by atoms with Crippen LogP contribution in [0.3, 0.4) is 0 Å². The van der Waals surface area contributed by atoms with E-state index in [-0.39, 0.29) is 18.0 Å². The summed E-state index contributed by atoms with van der Waals surface area (Å²) in [6.45, 7) is -0.184. The van der Waals surface area contributed by atoms with Crippen LogP contribution >= 0.6 is 0 Å². The second kappa shape index (κ2) is 6.12. The monoisotopic (exact) mass is 350 g/mol. The minimum atomic E-state index is -3.59. The van der Waals surface area contributed by atoms with Gasteiger partial charge < -0.3 is 10.1 Å². The maximum atomic E-state index is 13.7. The Labute approximate surface area is 138 Å². The zero-order valence-corrected chi connectivity index (χ0v) is 13.6. The number of hydrogen-bond acceptors (Lipinski definition) is 4. The maximum absolute atomic E-state index is 13.7. The van der Waals surface area contributed by atoms with Crippen LogP contribution in [0.15, 0.2) is 48.5 Å². The molecule has 0 aromatic heterocycles. The van der Waals surface area contributed by atoms with Crippen LogP contribution < -0.4 is 14.4 Å². The molecule has 0 radical (unpaired) electrons. The van der Waals surface area contributed by atoms with Crippen LogP contribution in [-0.4, -0.2) is 33.2 Å². The molecule has 1 heterocycles. The first-order valence-corrected chi connectivity index (χ1v) is 9.00. The molecule has 8 heteroatoms. The molecule has 1 aliphatic heterocycles. The lowest BCUT2D eigenvalue weighted by Crippen LogP contribution is -2.48. The fraction of sp³-hybridized carbons (Fsp3) is 0.188. The molecule has 1 aliphatic rings. The Bertz CT molecular complexity index is 885. The van der Waals surface area contributed by atoms with E-state index in [9.17, 15) is 17.6 Å². The van der Waals surface area contributed by atoms with Gasteiger partial charge in [0.05, 0.1) is 24.2 Å². The number of fused-ring (bicyclic) bond motifs is 1. The van der Waals surface area contributed by atoms with E-state index in [2.05, 4.69) is 5.32 Å². The normalized spacial score (nSPS) is 16.9. The number of carbonyl (C=O) groups is 1. The first-order valence-electron chi connectivity index (χ1n) is 7.15. The predicted octanol–water partition coefficient (Wildman–Crippen LogP) is 1.99. The second-order valence-electron chi connectivity index (χ2n) is 5.34. The number of rotatable bonds is 3. The van der Waals surface area contributed by atoms with Gasteiger partial charge in [-0.25, -0.2) is 12.8 Å². The van der Waals surface area contributed by atoms with Gasteiger partial charge in [-0.3, -0.25) is 9.10 Å². The van der Waals surface area contributed by atoms with Gasteiger partial charge in [0.1, 0.15) is 11.6 Å². The number of hydrogen-bond donors (Lipinski definition) is 1. The van der Waals surface area contributed by atoms with Gasteiger partial charge in [-0.15, -0.1) is 0 Å². The zero-order valence-electron chi connectivity index (χ0n) is 12.8. The molecular formula is C16H15FN2O4S. The van der Waals surface area contributed by atoms with Gasteiger partial charge >= 0.3 is 0 Å². The molecule has 1 N–H and O–H groups in total. The van der Waals surface area contributed by atoms with E-state index in [1.807, 2.05) is 0 Å².